The summed E-state index contributed by atoms with van der Waals surface area (Å²) in [4.78, 5) is 23.7. The Kier molecular flexibility index (Phi) is 5.33. The van der Waals surface area contributed by atoms with Crippen molar-refractivity contribution in [1.82, 2.24) is 0 Å². The van der Waals surface area contributed by atoms with Crippen molar-refractivity contribution in [3.8, 4) is 0 Å². The molecule has 5 heteroatoms. The maximum atomic E-state index is 12.1. The molecular weight excluding hydrogens is 346 g/mol. The van der Waals surface area contributed by atoms with E-state index in [1.807, 2.05) is 31.2 Å². The lowest BCUT2D eigenvalue weighted by Gasteiger charge is -2.10. The summed E-state index contributed by atoms with van der Waals surface area (Å²) in [6, 6.07) is 12.6. The molecule has 0 bridgehead atoms. The van der Waals surface area contributed by atoms with Gasteiger partial charge in [-0.1, -0.05) is 34.1 Å². The van der Waals surface area contributed by atoms with Crippen molar-refractivity contribution < 1.29 is 14.3 Å². The molecule has 0 heterocycles. The molecule has 0 fully saturated rings. The van der Waals surface area contributed by atoms with Crippen LogP contribution in [0.2, 0.25) is 0 Å². The van der Waals surface area contributed by atoms with E-state index in [1.54, 1.807) is 18.2 Å². The van der Waals surface area contributed by atoms with Gasteiger partial charge in [0.25, 0.3) is 0 Å². The van der Waals surface area contributed by atoms with Gasteiger partial charge in [-0.2, -0.15) is 0 Å². The lowest BCUT2D eigenvalue weighted by molar-refractivity contribution is -0.115. The van der Waals surface area contributed by atoms with Gasteiger partial charge in [-0.15, -0.1) is 0 Å². The summed E-state index contributed by atoms with van der Waals surface area (Å²) in [5.74, 6) is -0.559. The predicted molar refractivity (Wildman–Crippen MR) is 89.0 cm³/mol. The van der Waals surface area contributed by atoms with Gasteiger partial charge >= 0.3 is 5.97 Å². The maximum Gasteiger partial charge on any atom is 0.337 e. The Hall–Kier alpha value is -2.14. The van der Waals surface area contributed by atoms with Crippen molar-refractivity contribution in [2.24, 2.45) is 0 Å². The molecule has 2 aromatic rings. The van der Waals surface area contributed by atoms with Gasteiger partial charge < -0.3 is 10.1 Å². The van der Waals surface area contributed by atoms with Crippen LogP contribution in [-0.2, 0) is 16.0 Å². The van der Waals surface area contributed by atoms with Crippen LogP contribution in [0.3, 0.4) is 0 Å². The molecule has 0 radical (unpaired) electrons. The highest BCUT2D eigenvalue weighted by molar-refractivity contribution is 9.10. The Morgan fingerprint density at radius 3 is 2.45 bits per heavy atom. The first-order valence-electron chi connectivity index (χ1n) is 6.73. The first kappa shape index (κ1) is 16.2. The van der Waals surface area contributed by atoms with E-state index in [0.29, 0.717) is 11.3 Å². The van der Waals surface area contributed by atoms with Crippen LogP contribution in [0.5, 0.6) is 0 Å². The first-order chi connectivity index (χ1) is 10.5. The second-order valence-corrected chi connectivity index (χ2v) is 5.79. The summed E-state index contributed by atoms with van der Waals surface area (Å²) in [5.41, 5.74) is 2.83. The fourth-order valence-corrected chi connectivity index (χ4v) is 2.25. The van der Waals surface area contributed by atoms with Crippen molar-refractivity contribution in [3.05, 3.63) is 63.6 Å². The van der Waals surface area contributed by atoms with E-state index < -0.39 is 5.97 Å². The maximum absolute atomic E-state index is 12.1. The number of aryl methyl sites for hydroxylation is 1. The largest absolute Gasteiger partial charge is 0.465 e. The molecule has 0 atom stereocenters. The van der Waals surface area contributed by atoms with E-state index in [-0.39, 0.29) is 12.3 Å². The molecule has 1 amide bonds. The molecular formula is C17H16BrNO3. The summed E-state index contributed by atoms with van der Waals surface area (Å²) >= 11 is 3.36. The quantitative estimate of drug-likeness (QED) is 0.844. The third-order valence-electron chi connectivity index (χ3n) is 3.21. The molecule has 0 aromatic heterocycles. The number of esters is 1. The molecule has 0 spiro atoms. The van der Waals surface area contributed by atoms with Gasteiger partial charge in [0, 0.05) is 10.2 Å². The summed E-state index contributed by atoms with van der Waals surface area (Å²) in [6.45, 7) is 1.87. The average molecular weight is 362 g/mol. The van der Waals surface area contributed by atoms with Crippen LogP contribution in [0.1, 0.15) is 21.5 Å². The summed E-state index contributed by atoms with van der Waals surface area (Å²) < 4.78 is 5.66. The SMILES string of the molecule is COC(=O)c1ccc(C)c(NC(=O)Cc2ccc(Br)cc2)c1. The highest BCUT2D eigenvalue weighted by Crippen LogP contribution is 2.18. The van der Waals surface area contributed by atoms with E-state index in [4.69, 9.17) is 0 Å². The number of ether oxygens (including phenoxy) is 1. The number of anilines is 1. The van der Waals surface area contributed by atoms with E-state index in [1.165, 1.54) is 7.11 Å². The van der Waals surface area contributed by atoms with Crippen molar-refractivity contribution >= 4 is 33.5 Å². The number of nitrogens with one attached hydrogen (secondary N) is 1. The Labute approximate surface area is 137 Å². The second kappa shape index (κ2) is 7.22. The predicted octanol–water partition coefficient (Wildman–Crippen LogP) is 3.73. The lowest BCUT2D eigenvalue weighted by atomic mass is 10.1. The monoisotopic (exact) mass is 361 g/mol. The molecule has 0 aliphatic carbocycles. The number of amides is 1. The van der Waals surface area contributed by atoms with Gasteiger partial charge in [-0.25, -0.2) is 4.79 Å². The number of hydrogen-bond donors (Lipinski definition) is 1. The van der Waals surface area contributed by atoms with Crippen molar-refractivity contribution in [3.63, 3.8) is 0 Å². The average Bonchev–Trinajstić information content (AvgIpc) is 2.51. The molecule has 0 saturated carbocycles. The number of carbonyl (C=O) groups is 2. The molecule has 22 heavy (non-hydrogen) atoms. The van der Waals surface area contributed by atoms with Crippen LogP contribution in [0, 0.1) is 6.92 Å². The first-order valence-corrected chi connectivity index (χ1v) is 7.52. The van der Waals surface area contributed by atoms with Crippen LogP contribution in [0.25, 0.3) is 0 Å². The highest BCUT2D eigenvalue weighted by atomic mass is 79.9. The van der Waals surface area contributed by atoms with Crippen LogP contribution in [0.4, 0.5) is 5.69 Å². The number of halogens is 1. The zero-order valence-corrected chi connectivity index (χ0v) is 13.9. The molecule has 114 valence electrons. The molecule has 4 nitrogen and oxygen atoms in total. The van der Waals surface area contributed by atoms with Crippen molar-refractivity contribution in [2.45, 2.75) is 13.3 Å². The van der Waals surface area contributed by atoms with E-state index in [9.17, 15) is 9.59 Å². The molecule has 2 aromatic carbocycles. The van der Waals surface area contributed by atoms with Gasteiger partial charge in [-0.05, 0) is 42.3 Å². The molecule has 0 aliphatic rings. The molecule has 1 N–H and O–H groups in total. The number of hydrogen-bond acceptors (Lipinski definition) is 3. The van der Waals surface area contributed by atoms with Crippen molar-refractivity contribution in [2.75, 3.05) is 12.4 Å². The fourth-order valence-electron chi connectivity index (χ4n) is 1.98. The number of carbonyl (C=O) groups excluding carboxylic acids is 2. The smallest absolute Gasteiger partial charge is 0.337 e. The van der Waals surface area contributed by atoms with Crippen LogP contribution < -0.4 is 5.32 Å². The van der Waals surface area contributed by atoms with Crippen LogP contribution >= 0.6 is 15.9 Å². The Morgan fingerprint density at radius 1 is 1.14 bits per heavy atom. The highest BCUT2D eigenvalue weighted by Gasteiger charge is 2.10. The van der Waals surface area contributed by atoms with Gasteiger partial charge in [0.1, 0.15) is 0 Å². The standard InChI is InChI=1S/C17H16BrNO3/c1-11-3-6-13(17(21)22-2)10-15(11)19-16(20)9-12-4-7-14(18)8-5-12/h3-8,10H,9H2,1-2H3,(H,19,20). The molecule has 0 aliphatic heterocycles. The minimum absolute atomic E-state index is 0.132. The van der Waals surface area contributed by atoms with Crippen LogP contribution in [0.15, 0.2) is 46.9 Å². The minimum Gasteiger partial charge on any atom is -0.465 e. The number of rotatable bonds is 4. The number of methoxy groups -OCH3 is 1. The Bertz CT molecular complexity index is 696. The second-order valence-electron chi connectivity index (χ2n) is 4.87. The van der Waals surface area contributed by atoms with Crippen molar-refractivity contribution in [1.29, 1.82) is 0 Å². The third-order valence-corrected chi connectivity index (χ3v) is 3.74. The number of benzene rings is 2. The van der Waals surface area contributed by atoms with E-state index >= 15 is 0 Å². The Balaban J connectivity index is 2.10. The summed E-state index contributed by atoms with van der Waals surface area (Å²) in [7, 11) is 1.33. The lowest BCUT2D eigenvalue weighted by Crippen LogP contribution is -2.15. The van der Waals surface area contributed by atoms with E-state index in [2.05, 4.69) is 26.0 Å². The van der Waals surface area contributed by atoms with Gasteiger partial charge in [0.05, 0.1) is 19.1 Å². The van der Waals surface area contributed by atoms with Gasteiger partial charge in [-0.3, -0.25) is 4.79 Å². The molecule has 0 saturated heterocycles. The third kappa shape index (κ3) is 4.18. The van der Waals surface area contributed by atoms with Gasteiger partial charge in [0.2, 0.25) is 5.91 Å². The fraction of sp³-hybridized carbons (Fsp3) is 0.176. The zero-order chi connectivity index (χ0) is 16.1. The summed E-state index contributed by atoms with van der Waals surface area (Å²) in [6.07, 6.45) is 0.273. The zero-order valence-electron chi connectivity index (χ0n) is 12.4. The Morgan fingerprint density at radius 2 is 1.82 bits per heavy atom. The van der Waals surface area contributed by atoms with Crippen LogP contribution in [-0.4, -0.2) is 19.0 Å². The minimum atomic E-state index is -0.427. The summed E-state index contributed by atoms with van der Waals surface area (Å²) in [5, 5.41) is 2.83. The molecule has 0 unspecified atom stereocenters. The van der Waals surface area contributed by atoms with E-state index in [0.717, 1.165) is 15.6 Å². The molecule has 2 rings (SSSR count). The topological polar surface area (TPSA) is 55.4 Å². The normalized spacial score (nSPS) is 10.1. The van der Waals surface area contributed by atoms with Gasteiger partial charge in [0.15, 0.2) is 0 Å².